The van der Waals surface area contributed by atoms with Crippen molar-refractivity contribution < 1.29 is 0 Å². The number of nitrogen functional groups attached to an aromatic ring is 1. The van der Waals surface area contributed by atoms with E-state index < -0.39 is 0 Å². The van der Waals surface area contributed by atoms with Crippen molar-refractivity contribution in [2.24, 2.45) is 0 Å². The first kappa shape index (κ1) is 30.9. The Labute approximate surface area is 197 Å². The maximum absolute atomic E-state index is 5.96. The molecule has 0 unspecified atom stereocenters. The van der Waals surface area contributed by atoms with Gasteiger partial charge in [-0.1, -0.05) is 70.0 Å². The van der Waals surface area contributed by atoms with E-state index in [1.54, 1.807) is 11.9 Å². The lowest BCUT2D eigenvalue weighted by Gasteiger charge is -2.19. The molecule has 0 spiro atoms. The van der Waals surface area contributed by atoms with Gasteiger partial charge < -0.3 is 15.4 Å². The number of rotatable bonds is 6. The fourth-order valence-electron chi connectivity index (χ4n) is 1.87. The Bertz CT molecular complexity index is 712. The lowest BCUT2D eigenvalue weighted by molar-refractivity contribution is 1.09. The van der Waals surface area contributed by atoms with Crippen molar-refractivity contribution in [1.29, 1.82) is 0 Å². The first-order valence-electron chi connectivity index (χ1n) is 11.1. The highest BCUT2D eigenvalue weighted by atomic mass is 32.2. The Morgan fingerprint density at radius 1 is 1.10 bits per heavy atom. The van der Waals surface area contributed by atoms with Gasteiger partial charge in [0.2, 0.25) is 0 Å². The summed E-state index contributed by atoms with van der Waals surface area (Å²) < 4.78 is 2.10. The Hall–Kier alpha value is -2.33. The molecule has 0 saturated carbocycles. The summed E-state index contributed by atoms with van der Waals surface area (Å²) in [5, 5.41) is 3.06. The van der Waals surface area contributed by atoms with Gasteiger partial charge in [-0.25, -0.2) is 0 Å². The molecule has 0 amide bonds. The summed E-state index contributed by atoms with van der Waals surface area (Å²) >= 11 is 1.68. The van der Waals surface area contributed by atoms with Gasteiger partial charge in [0.1, 0.15) is 0 Å². The third-order valence-corrected chi connectivity index (χ3v) is 4.96. The Morgan fingerprint density at radius 3 is 2.00 bits per heavy atom. The molecule has 3 nitrogen and oxygen atoms in total. The molecule has 0 saturated heterocycles. The van der Waals surface area contributed by atoms with Gasteiger partial charge in [-0.15, -0.1) is 6.58 Å². The highest BCUT2D eigenvalue weighted by molar-refractivity contribution is 8.00. The molecule has 0 bridgehead atoms. The number of hydrogen-bond acceptors (Lipinski definition) is 4. The molecule has 0 atom stereocenters. The van der Waals surface area contributed by atoms with Crippen LogP contribution in [0.1, 0.15) is 60.8 Å². The van der Waals surface area contributed by atoms with Gasteiger partial charge >= 0.3 is 0 Å². The van der Waals surface area contributed by atoms with Gasteiger partial charge in [0.05, 0.1) is 11.4 Å². The topological polar surface area (TPSA) is 41.3 Å². The van der Waals surface area contributed by atoms with Crippen LogP contribution in [-0.2, 0) is 0 Å². The number of nitrogens with zero attached hydrogens (tertiary/aromatic N) is 1. The minimum atomic E-state index is 0.760. The molecule has 4 heteroatoms. The number of nitrogens with two attached hydrogens (primary N) is 1. The van der Waals surface area contributed by atoms with Crippen LogP contribution in [-0.4, -0.2) is 14.1 Å². The lowest BCUT2D eigenvalue weighted by atomic mass is 10.2. The van der Waals surface area contributed by atoms with Crippen LogP contribution in [0.25, 0.3) is 0 Å². The predicted molar refractivity (Wildman–Crippen MR) is 147 cm³/mol. The van der Waals surface area contributed by atoms with Crippen molar-refractivity contribution in [3.8, 4) is 0 Å². The molecule has 0 fully saturated rings. The molecule has 0 aliphatic rings. The van der Waals surface area contributed by atoms with E-state index in [0.717, 1.165) is 23.5 Å². The van der Waals surface area contributed by atoms with Gasteiger partial charge in [-0.05, 0) is 69.0 Å². The molecule has 2 aromatic rings. The molecule has 3 N–H and O–H groups in total. The van der Waals surface area contributed by atoms with E-state index in [1.165, 1.54) is 23.3 Å². The minimum Gasteiger partial charge on any atom is -0.397 e. The summed E-state index contributed by atoms with van der Waals surface area (Å²) in [7, 11) is 3.90. The van der Waals surface area contributed by atoms with E-state index in [1.807, 2.05) is 50.5 Å². The third-order valence-electron chi connectivity index (χ3n) is 3.99. The van der Waals surface area contributed by atoms with Crippen molar-refractivity contribution in [2.75, 3.05) is 29.5 Å². The second-order valence-electron chi connectivity index (χ2n) is 6.82. The first-order valence-corrected chi connectivity index (χ1v) is 11.9. The molecular weight excluding hydrogens is 398 g/mol. The average Bonchev–Trinajstić information content (AvgIpc) is 2.80. The van der Waals surface area contributed by atoms with Crippen LogP contribution in [0.2, 0.25) is 0 Å². The summed E-state index contributed by atoms with van der Waals surface area (Å²) in [6, 6.07) is 16.3. The standard InChI is InChI=1S/C14H17N3S.C6H12.C4H8.C3H8/c1-16-14-9-8-11(10-13(14)15)17(2)18-12-6-4-3-5-7-12;1-4-6(3)5-2;1-3-4-2;1-3-2/h3-10,16H,15H2,1-2H3;4H,5H2,1-3H3;3H,1,4H2,2H3;3H2,1-2H3/b;6-4+;;. The monoisotopic (exact) mass is 443 g/mol. The van der Waals surface area contributed by atoms with Crippen LogP contribution < -0.4 is 15.4 Å². The molecule has 174 valence electrons. The molecule has 2 aromatic carbocycles. The van der Waals surface area contributed by atoms with E-state index in [9.17, 15) is 0 Å². The molecular formula is C27H45N3S. The minimum absolute atomic E-state index is 0.760. The Morgan fingerprint density at radius 2 is 1.65 bits per heavy atom. The van der Waals surface area contributed by atoms with Crippen molar-refractivity contribution in [1.82, 2.24) is 0 Å². The zero-order valence-corrected chi connectivity index (χ0v) is 21.9. The number of nitrogens with one attached hydrogen (secondary N) is 1. The van der Waals surface area contributed by atoms with Gasteiger partial charge in [-0.3, -0.25) is 0 Å². The maximum Gasteiger partial charge on any atom is 0.0572 e. The quantitative estimate of drug-likeness (QED) is 0.266. The first-order chi connectivity index (χ1) is 14.8. The van der Waals surface area contributed by atoms with E-state index in [-0.39, 0.29) is 0 Å². The van der Waals surface area contributed by atoms with Crippen LogP contribution >= 0.6 is 11.9 Å². The molecule has 2 rings (SSSR count). The van der Waals surface area contributed by atoms with Crippen LogP contribution in [0.5, 0.6) is 0 Å². The largest absolute Gasteiger partial charge is 0.397 e. The molecule has 0 aromatic heterocycles. The van der Waals surface area contributed by atoms with Crippen LogP contribution in [0.4, 0.5) is 17.1 Å². The van der Waals surface area contributed by atoms with Crippen molar-refractivity contribution in [3.05, 3.63) is 72.8 Å². The van der Waals surface area contributed by atoms with Crippen LogP contribution in [0.15, 0.2) is 77.7 Å². The summed E-state index contributed by atoms with van der Waals surface area (Å²) in [4.78, 5) is 1.20. The zero-order chi connectivity index (χ0) is 24.1. The Kier molecular flexibility index (Phi) is 20.8. The normalized spacial score (nSPS) is 9.61. The Balaban J connectivity index is 0. The highest BCUT2D eigenvalue weighted by Crippen LogP contribution is 2.30. The fraction of sp³-hybridized carbons (Fsp3) is 0.407. The number of hydrogen-bond donors (Lipinski definition) is 2. The molecule has 0 aliphatic heterocycles. The summed E-state index contributed by atoms with van der Waals surface area (Å²) in [5.41, 5.74) is 10.2. The second-order valence-corrected chi connectivity index (χ2v) is 8.02. The fourth-order valence-corrected chi connectivity index (χ4v) is 2.68. The van der Waals surface area contributed by atoms with Gasteiger partial charge in [-0.2, -0.15) is 0 Å². The number of allylic oxidation sites excluding steroid dienone is 3. The average molecular weight is 444 g/mol. The van der Waals surface area contributed by atoms with Gasteiger partial charge in [0, 0.05) is 24.7 Å². The number of anilines is 3. The van der Waals surface area contributed by atoms with E-state index >= 15 is 0 Å². The van der Waals surface area contributed by atoms with Crippen molar-refractivity contribution in [3.63, 3.8) is 0 Å². The smallest absolute Gasteiger partial charge is 0.0572 e. The zero-order valence-electron chi connectivity index (χ0n) is 21.0. The molecule has 0 radical (unpaired) electrons. The number of benzene rings is 2. The van der Waals surface area contributed by atoms with Crippen LogP contribution in [0, 0.1) is 0 Å². The van der Waals surface area contributed by atoms with E-state index in [2.05, 4.69) is 82.0 Å². The summed E-state index contributed by atoms with van der Waals surface area (Å²) in [6.07, 6.45) is 7.54. The highest BCUT2D eigenvalue weighted by Gasteiger charge is 2.05. The third kappa shape index (κ3) is 16.1. The maximum atomic E-state index is 5.96. The SMILES string of the molecule is C/C=C(\C)CC.C=CCC.CCC.CNc1ccc(N(C)Sc2ccccc2)cc1N. The van der Waals surface area contributed by atoms with Crippen molar-refractivity contribution in [2.45, 2.75) is 65.7 Å². The molecule has 31 heavy (non-hydrogen) atoms. The summed E-state index contributed by atoms with van der Waals surface area (Å²) in [5.74, 6) is 0. The van der Waals surface area contributed by atoms with Crippen LogP contribution in [0.3, 0.4) is 0 Å². The predicted octanol–water partition coefficient (Wildman–Crippen LogP) is 8.82. The van der Waals surface area contributed by atoms with Gasteiger partial charge in [0.25, 0.3) is 0 Å². The summed E-state index contributed by atoms with van der Waals surface area (Å²) in [6.45, 7) is 16.2. The molecule has 0 aliphatic carbocycles. The van der Waals surface area contributed by atoms with E-state index in [4.69, 9.17) is 5.73 Å². The van der Waals surface area contributed by atoms with E-state index in [0.29, 0.717) is 0 Å². The molecule has 0 heterocycles. The lowest BCUT2D eigenvalue weighted by Crippen LogP contribution is -2.07. The van der Waals surface area contributed by atoms with Crippen molar-refractivity contribution >= 4 is 29.0 Å². The second kappa shape index (κ2) is 20.9. The van der Waals surface area contributed by atoms with Gasteiger partial charge in [0.15, 0.2) is 0 Å².